The van der Waals surface area contributed by atoms with Crippen LogP contribution in [0, 0.1) is 0 Å². The molecule has 1 unspecified atom stereocenters. The molecule has 2 aromatic rings. The number of hydrogen-bond donors (Lipinski definition) is 1. The van der Waals surface area contributed by atoms with Crippen LogP contribution in [0.15, 0.2) is 41.8 Å². The summed E-state index contributed by atoms with van der Waals surface area (Å²) in [6, 6.07) is 12.6. The lowest BCUT2D eigenvalue weighted by molar-refractivity contribution is 0.179. The first kappa shape index (κ1) is 11.9. The molecule has 1 fully saturated rings. The molecule has 2 heteroatoms. The summed E-state index contributed by atoms with van der Waals surface area (Å²) in [5.74, 6) is 0.735. The van der Waals surface area contributed by atoms with Crippen LogP contribution in [0.2, 0.25) is 0 Å². The van der Waals surface area contributed by atoms with Gasteiger partial charge in [-0.15, -0.1) is 11.3 Å². The molecule has 1 aliphatic rings. The van der Waals surface area contributed by atoms with Crippen LogP contribution in [0.5, 0.6) is 0 Å². The molecule has 1 heterocycles. The fraction of sp³-hybridized carbons (Fsp3) is 0.375. The van der Waals surface area contributed by atoms with E-state index in [0.717, 1.165) is 17.9 Å². The summed E-state index contributed by atoms with van der Waals surface area (Å²) in [7, 11) is 0. The Hall–Kier alpha value is -1.12. The highest BCUT2D eigenvalue weighted by molar-refractivity contribution is 7.09. The van der Waals surface area contributed by atoms with Gasteiger partial charge >= 0.3 is 0 Å². The first-order valence-corrected chi connectivity index (χ1v) is 7.51. The molecule has 0 saturated heterocycles. The van der Waals surface area contributed by atoms with Gasteiger partial charge in [0.1, 0.15) is 0 Å². The van der Waals surface area contributed by atoms with Gasteiger partial charge in [-0.25, -0.2) is 0 Å². The predicted octanol–water partition coefficient (Wildman–Crippen LogP) is 4.29. The number of benzene rings is 1. The van der Waals surface area contributed by atoms with E-state index in [1.54, 1.807) is 11.3 Å². The molecule has 1 aromatic heterocycles. The van der Waals surface area contributed by atoms with E-state index in [-0.39, 0.29) is 6.10 Å². The molecule has 1 aromatic carbocycles. The summed E-state index contributed by atoms with van der Waals surface area (Å²) in [6.07, 6.45) is 4.33. The highest BCUT2D eigenvalue weighted by Gasteiger charge is 2.20. The van der Waals surface area contributed by atoms with Crippen molar-refractivity contribution in [1.29, 1.82) is 0 Å². The van der Waals surface area contributed by atoms with Crippen LogP contribution in [0.4, 0.5) is 0 Å². The van der Waals surface area contributed by atoms with Crippen molar-refractivity contribution in [2.45, 2.75) is 37.7 Å². The Bertz CT molecular complexity index is 500. The van der Waals surface area contributed by atoms with Gasteiger partial charge in [0.15, 0.2) is 0 Å². The van der Waals surface area contributed by atoms with Crippen LogP contribution >= 0.6 is 11.3 Å². The first-order chi connectivity index (χ1) is 8.83. The summed E-state index contributed by atoms with van der Waals surface area (Å²) >= 11 is 1.71. The number of rotatable bonds is 4. The van der Waals surface area contributed by atoms with Gasteiger partial charge in [-0.2, -0.15) is 0 Å². The Balaban J connectivity index is 1.74. The van der Waals surface area contributed by atoms with Crippen LogP contribution in [0.3, 0.4) is 0 Å². The van der Waals surface area contributed by atoms with E-state index in [2.05, 4.69) is 29.6 Å². The molecule has 18 heavy (non-hydrogen) atoms. The third-order valence-corrected chi connectivity index (χ3v) is 4.75. The monoisotopic (exact) mass is 258 g/mol. The van der Waals surface area contributed by atoms with Gasteiger partial charge in [0.05, 0.1) is 6.10 Å². The minimum Gasteiger partial charge on any atom is -0.388 e. The van der Waals surface area contributed by atoms with E-state index >= 15 is 0 Å². The number of aliphatic hydroxyl groups is 1. The third kappa shape index (κ3) is 2.50. The van der Waals surface area contributed by atoms with E-state index < -0.39 is 0 Å². The SMILES string of the molecule is OC(Cc1cccs1)c1cccc(C2CCC2)c1. The molecule has 1 N–H and O–H groups in total. The zero-order valence-corrected chi connectivity index (χ0v) is 11.2. The van der Waals surface area contributed by atoms with Crippen LogP contribution in [-0.2, 0) is 6.42 Å². The average Bonchev–Trinajstić information content (AvgIpc) is 2.80. The van der Waals surface area contributed by atoms with Gasteiger partial charge in [0.2, 0.25) is 0 Å². The van der Waals surface area contributed by atoms with Crippen molar-refractivity contribution in [2.24, 2.45) is 0 Å². The van der Waals surface area contributed by atoms with E-state index in [0.29, 0.717) is 0 Å². The van der Waals surface area contributed by atoms with Gasteiger partial charge < -0.3 is 5.11 Å². The Morgan fingerprint density at radius 3 is 2.78 bits per heavy atom. The second-order valence-electron chi connectivity index (χ2n) is 5.10. The van der Waals surface area contributed by atoms with Gasteiger partial charge in [-0.1, -0.05) is 36.8 Å². The van der Waals surface area contributed by atoms with Crippen LogP contribution in [0.1, 0.15) is 47.3 Å². The molecule has 0 aliphatic heterocycles. The minimum atomic E-state index is -0.372. The molecule has 1 aliphatic carbocycles. The van der Waals surface area contributed by atoms with Crippen molar-refractivity contribution in [3.05, 3.63) is 57.8 Å². The smallest absolute Gasteiger partial charge is 0.0838 e. The highest BCUT2D eigenvalue weighted by Crippen LogP contribution is 2.37. The largest absolute Gasteiger partial charge is 0.388 e. The molecule has 94 valence electrons. The first-order valence-electron chi connectivity index (χ1n) is 6.63. The molecular formula is C16H18OS. The molecule has 0 spiro atoms. The van der Waals surface area contributed by atoms with Crippen molar-refractivity contribution in [2.75, 3.05) is 0 Å². The fourth-order valence-electron chi connectivity index (χ4n) is 2.50. The Labute approximate surface area is 112 Å². The molecule has 0 amide bonds. The van der Waals surface area contributed by atoms with Gasteiger partial charge in [-0.05, 0) is 41.3 Å². The van der Waals surface area contributed by atoms with E-state index in [9.17, 15) is 5.11 Å². The quantitative estimate of drug-likeness (QED) is 0.867. The van der Waals surface area contributed by atoms with Crippen molar-refractivity contribution in [1.82, 2.24) is 0 Å². The molecule has 3 rings (SSSR count). The van der Waals surface area contributed by atoms with Crippen LogP contribution < -0.4 is 0 Å². The predicted molar refractivity (Wildman–Crippen MR) is 76.0 cm³/mol. The molecule has 1 nitrogen and oxygen atoms in total. The van der Waals surface area contributed by atoms with E-state index in [1.807, 2.05) is 12.1 Å². The van der Waals surface area contributed by atoms with Crippen molar-refractivity contribution in [3.8, 4) is 0 Å². The number of thiophene rings is 1. The summed E-state index contributed by atoms with van der Waals surface area (Å²) in [6.45, 7) is 0. The van der Waals surface area contributed by atoms with Crippen LogP contribution in [-0.4, -0.2) is 5.11 Å². The summed E-state index contributed by atoms with van der Waals surface area (Å²) in [4.78, 5) is 1.25. The second-order valence-corrected chi connectivity index (χ2v) is 6.13. The lowest BCUT2D eigenvalue weighted by Gasteiger charge is -2.26. The molecule has 1 saturated carbocycles. The lowest BCUT2D eigenvalue weighted by Crippen LogP contribution is -2.09. The molecule has 0 radical (unpaired) electrons. The second kappa shape index (κ2) is 5.25. The van der Waals surface area contributed by atoms with E-state index in [1.165, 1.54) is 29.7 Å². The summed E-state index contributed by atoms with van der Waals surface area (Å²) in [5.41, 5.74) is 2.47. The third-order valence-electron chi connectivity index (χ3n) is 3.85. The zero-order chi connectivity index (χ0) is 12.4. The molecular weight excluding hydrogens is 240 g/mol. The Morgan fingerprint density at radius 1 is 1.22 bits per heavy atom. The van der Waals surface area contributed by atoms with Gasteiger partial charge in [0.25, 0.3) is 0 Å². The summed E-state index contributed by atoms with van der Waals surface area (Å²) in [5, 5.41) is 12.4. The molecule has 1 atom stereocenters. The standard InChI is InChI=1S/C16H18OS/c17-16(11-15-8-3-9-18-15)14-7-2-6-13(10-14)12-4-1-5-12/h2-3,6-10,12,16-17H,1,4-5,11H2. The highest BCUT2D eigenvalue weighted by atomic mass is 32.1. The summed E-state index contributed by atoms with van der Waals surface area (Å²) < 4.78 is 0. The fourth-order valence-corrected chi connectivity index (χ4v) is 3.24. The maximum atomic E-state index is 10.3. The van der Waals surface area contributed by atoms with Gasteiger partial charge in [0, 0.05) is 11.3 Å². The Morgan fingerprint density at radius 2 is 2.11 bits per heavy atom. The average molecular weight is 258 g/mol. The maximum absolute atomic E-state index is 10.3. The van der Waals surface area contributed by atoms with Gasteiger partial charge in [-0.3, -0.25) is 0 Å². The number of aliphatic hydroxyl groups excluding tert-OH is 1. The van der Waals surface area contributed by atoms with E-state index in [4.69, 9.17) is 0 Å². The van der Waals surface area contributed by atoms with Crippen molar-refractivity contribution < 1.29 is 5.11 Å². The van der Waals surface area contributed by atoms with Crippen molar-refractivity contribution >= 4 is 11.3 Å². The normalized spacial score (nSPS) is 17.4. The molecule has 0 bridgehead atoms. The van der Waals surface area contributed by atoms with Crippen LogP contribution in [0.25, 0.3) is 0 Å². The minimum absolute atomic E-state index is 0.372. The zero-order valence-electron chi connectivity index (χ0n) is 10.4. The van der Waals surface area contributed by atoms with Crippen molar-refractivity contribution in [3.63, 3.8) is 0 Å². The topological polar surface area (TPSA) is 20.2 Å². The maximum Gasteiger partial charge on any atom is 0.0838 e. The number of hydrogen-bond acceptors (Lipinski definition) is 2. The Kier molecular flexibility index (Phi) is 3.48. The lowest BCUT2D eigenvalue weighted by atomic mass is 9.79.